The Hall–Kier alpha value is -1.70. The minimum absolute atomic E-state index is 0.0283. The first-order valence-corrected chi connectivity index (χ1v) is 6.94. The van der Waals surface area contributed by atoms with E-state index in [0.29, 0.717) is 6.41 Å². The summed E-state index contributed by atoms with van der Waals surface area (Å²) in [5, 5.41) is 9.27. The van der Waals surface area contributed by atoms with Crippen molar-refractivity contribution in [3.63, 3.8) is 0 Å². The van der Waals surface area contributed by atoms with E-state index in [1.54, 1.807) is 0 Å². The molecule has 1 saturated carbocycles. The number of hydrogen-bond acceptors (Lipinski definition) is 3. The van der Waals surface area contributed by atoms with Crippen molar-refractivity contribution in [3.05, 3.63) is 29.8 Å². The van der Waals surface area contributed by atoms with Crippen LogP contribution >= 0.6 is 11.8 Å². The lowest BCUT2D eigenvalue weighted by atomic mass is 10.1. The maximum Gasteiger partial charge on any atom is 0.446 e. The summed E-state index contributed by atoms with van der Waals surface area (Å²) in [6, 6.07) is 3.77. The molecule has 0 heterocycles. The molecule has 1 amide bonds. The number of nitrogens with zero attached hydrogens (tertiary/aromatic N) is 1. The Morgan fingerprint density at radius 3 is 2.29 bits per heavy atom. The van der Waals surface area contributed by atoms with Gasteiger partial charge >= 0.3 is 11.5 Å². The molecule has 4 nitrogen and oxygen atoms in total. The fraction of sp³-hybridized carbons (Fsp3) is 0.385. The topological polar surface area (TPSA) is 57.6 Å². The van der Waals surface area contributed by atoms with Gasteiger partial charge in [0.2, 0.25) is 6.41 Å². The first-order valence-electron chi connectivity index (χ1n) is 6.13. The lowest BCUT2D eigenvalue weighted by Crippen LogP contribution is -2.34. The molecule has 0 saturated heterocycles. The van der Waals surface area contributed by atoms with Gasteiger partial charge in [-0.2, -0.15) is 13.2 Å². The van der Waals surface area contributed by atoms with E-state index in [2.05, 4.69) is 0 Å². The molecule has 1 fully saturated rings. The standard InChI is InChI=1S/C13H12F3NO3S/c14-13(15,16)21-10-5-1-8(2-6-10)11(12(19)20)17(7-18)9-3-4-9/h1-2,5-7,9,11H,3-4H2,(H,19,20). The van der Waals surface area contributed by atoms with Gasteiger partial charge in [-0.05, 0) is 42.3 Å². The Kier molecular flexibility index (Phi) is 4.46. The second kappa shape index (κ2) is 5.97. The summed E-state index contributed by atoms with van der Waals surface area (Å²) in [4.78, 5) is 23.6. The van der Waals surface area contributed by atoms with Crippen molar-refractivity contribution in [2.75, 3.05) is 0 Å². The highest BCUT2D eigenvalue weighted by molar-refractivity contribution is 8.00. The van der Waals surface area contributed by atoms with Crippen molar-refractivity contribution in [2.24, 2.45) is 0 Å². The number of rotatable bonds is 6. The smallest absolute Gasteiger partial charge is 0.446 e. The van der Waals surface area contributed by atoms with Gasteiger partial charge in [-0.1, -0.05) is 12.1 Å². The Balaban J connectivity index is 2.21. The summed E-state index contributed by atoms with van der Waals surface area (Å²) in [5.41, 5.74) is -4.11. The zero-order valence-corrected chi connectivity index (χ0v) is 11.5. The maximum absolute atomic E-state index is 12.2. The fourth-order valence-corrected chi connectivity index (χ4v) is 2.56. The highest BCUT2D eigenvalue weighted by Gasteiger charge is 2.37. The van der Waals surface area contributed by atoms with E-state index in [9.17, 15) is 27.9 Å². The van der Waals surface area contributed by atoms with Crippen LogP contribution < -0.4 is 0 Å². The molecule has 21 heavy (non-hydrogen) atoms. The van der Waals surface area contributed by atoms with Crippen molar-refractivity contribution in [1.82, 2.24) is 4.90 Å². The number of benzene rings is 1. The molecule has 0 aromatic heterocycles. The van der Waals surface area contributed by atoms with Crippen LogP contribution in [-0.4, -0.2) is 33.9 Å². The second-order valence-corrected chi connectivity index (χ2v) is 5.78. The van der Waals surface area contributed by atoms with Crippen LogP contribution in [0.25, 0.3) is 0 Å². The molecule has 1 aliphatic rings. The third-order valence-electron chi connectivity index (χ3n) is 3.05. The van der Waals surface area contributed by atoms with Gasteiger partial charge in [0, 0.05) is 10.9 Å². The first kappa shape index (κ1) is 15.7. The van der Waals surface area contributed by atoms with E-state index < -0.39 is 17.5 Å². The minimum atomic E-state index is -4.39. The summed E-state index contributed by atoms with van der Waals surface area (Å²) in [6.07, 6.45) is 1.96. The third kappa shape index (κ3) is 4.13. The normalized spacial score (nSPS) is 16.3. The number of carbonyl (C=O) groups excluding carboxylic acids is 1. The SMILES string of the molecule is O=CN(C1CC1)C(C(=O)O)c1ccc(SC(F)(F)F)cc1. The van der Waals surface area contributed by atoms with Crippen LogP contribution in [0.5, 0.6) is 0 Å². The molecule has 1 aromatic rings. The predicted molar refractivity (Wildman–Crippen MR) is 69.7 cm³/mol. The number of carboxylic acids is 1. The summed E-state index contributed by atoms with van der Waals surface area (Å²) in [6.45, 7) is 0. The van der Waals surface area contributed by atoms with E-state index in [1.807, 2.05) is 0 Å². The van der Waals surface area contributed by atoms with Crippen molar-refractivity contribution < 1.29 is 27.9 Å². The number of thioether (sulfide) groups is 1. The van der Waals surface area contributed by atoms with Gasteiger partial charge in [0.05, 0.1) is 0 Å². The third-order valence-corrected chi connectivity index (χ3v) is 3.79. The lowest BCUT2D eigenvalue weighted by Gasteiger charge is -2.25. The van der Waals surface area contributed by atoms with E-state index in [1.165, 1.54) is 29.2 Å². The van der Waals surface area contributed by atoms with Crippen LogP contribution in [0.1, 0.15) is 24.4 Å². The predicted octanol–water partition coefficient (Wildman–Crippen LogP) is 3.05. The zero-order valence-electron chi connectivity index (χ0n) is 10.7. The van der Waals surface area contributed by atoms with E-state index in [-0.39, 0.29) is 28.3 Å². The Labute approximate surface area is 122 Å². The molecule has 2 rings (SSSR count). The molecule has 1 atom stereocenters. The molecular formula is C13H12F3NO3S. The van der Waals surface area contributed by atoms with Crippen molar-refractivity contribution >= 4 is 24.1 Å². The molecular weight excluding hydrogens is 307 g/mol. The van der Waals surface area contributed by atoms with Crippen LogP contribution in [0, 0.1) is 0 Å². The van der Waals surface area contributed by atoms with Gasteiger partial charge in [0.15, 0.2) is 6.04 Å². The maximum atomic E-state index is 12.2. The highest BCUT2D eigenvalue weighted by Crippen LogP contribution is 2.38. The molecule has 8 heteroatoms. The summed E-state index contributed by atoms with van der Waals surface area (Å²) in [5.74, 6) is -1.20. The number of carbonyl (C=O) groups is 2. The van der Waals surface area contributed by atoms with Crippen molar-refractivity contribution in [3.8, 4) is 0 Å². The molecule has 0 bridgehead atoms. The van der Waals surface area contributed by atoms with Gasteiger partial charge in [-0.25, -0.2) is 4.79 Å². The molecule has 1 aliphatic carbocycles. The number of hydrogen-bond donors (Lipinski definition) is 1. The van der Waals surface area contributed by atoms with Crippen LogP contribution in [0.3, 0.4) is 0 Å². The molecule has 0 spiro atoms. The van der Waals surface area contributed by atoms with E-state index >= 15 is 0 Å². The van der Waals surface area contributed by atoms with Gasteiger partial charge in [0.1, 0.15) is 0 Å². The Morgan fingerprint density at radius 2 is 1.90 bits per heavy atom. The van der Waals surface area contributed by atoms with Crippen LogP contribution in [-0.2, 0) is 9.59 Å². The van der Waals surface area contributed by atoms with Crippen LogP contribution in [0.15, 0.2) is 29.2 Å². The van der Waals surface area contributed by atoms with Gasteiger partial charge in [0.25, 0.3) is 0 Å². The molecule has 0 aliphatic heterocycles. The summed E-state index contributed by atoms with van der Waals surface area (Å²) >= 11 is -0.268. The lowest BCUT2D eigenvalue weighted by molar-refractivity contribution is -0.147. The van der Waals surface area contributed by atoms with E-state index in [0.717, 1.165) is 12.8 Å². The largest absolute Gasteiger partial charge is 0.479 e. The number of amides is 1. The molecule has 0 radical (unpaired) electrons. The van der Waals surface area contributed by atoms with Crippen LogP contribution in [0.4, 0.5) is 13.2 Å². The molecule has 1 unspecified atom stereocenters. The minimum Gasteiger partial charge on any atom is -0.479 e. The Morgan fingerprint density at radius 1 is 1.33 bits per heavy atom. The van der Waals surface area contributed by atoms with Gasteiger partial charge in [-0.15, -0.1) is 0 Å². The highest BCUT2D eigenvalue weighted by atomic mass is 32.2. The van der Waals surface area contributed by atoms with Gasteiger partial charge in [-0.3, -0.25) is 4.79 Å². The van der Waals surface area contributed by atoms with E-state index in [4.69, 9.17) is 0 Å². The average molecular weight is 319 g/mol. The van der Waals surface area contributed by atoms with Crippen molar-refractivity contribution in [2.45, 2.75) is 35.3 Å². The summed E-state index contributed by atoms with van der Waals surface area (Å²) in [7, 11) is 0. The number of aliphatic carboxylic acids is 1. The second-order valence-electron chi connectivity index (χ2n) is 4.64. The molecule has 114 valence electrons. The van der Waals surface area contributed by atoms with Crippen LogP contribution in [0.2, 0.25) is 0 Å². The van der Waals surface area contributed by atoms with Crippen molar-refractivity contribution in [1.29, 1.82) is 0 Å². The number of carboxylic acid groups (broad SMARTS) is 1. The summed E-state index contributed by atoms with van der Waals surface area (Å²) < 4.78 is 36.7. The average Bonchev–Trinajstić information content (AvgIpc) is 3.19. The quantitative estimate of drug-likeness (QED) is 0.647. The first-order chi connectivity index (χ1) is 9.81. The number of halogens is 3. The monoisotopic (exact) mass is 319 g/mol. The zero-order chi connectivity index (χ0) is 15.6. The molecule has 1 N–H and O–H groups in total. The Bertz CT molecular complexity index is 528. The fourth-order valence-electron chi connectivity index (χ4n) is 2.02. The molecule has 1 aromatic carbocycles. The number of alkyl halides is 3. The van der Waals surface area contributed by atoms with Gasteiger partial charge < -0.3 is 10.0 Å².